The van der Waals surface area contributed by atoms with Gasteiger partial charge in [0.2, 0.25) is 0 Å². The Morgan fingerprint density at radius 2 is 1.93 bits per heavy atom. The Bertz CT molecular complexity index is 1700. The molecular weight excluding hydrogens is 582 g/mol. The van der Waals surface area contributed by atoms with Crippen molar-refractivity contribution in [2.24, 2.45) is 0 Å². The van der Waals surface area contributed by atoms with E-state index in [9.17, 15) is 14.1 Å². The molecule has 1 atom stereocenters. The fraction of sp³-hybridized carbons (Fsp3) is 0.471. The van der Waals surface area contributed by atoms with Crippen LogP contribution in [0.15, 0.2) is 35.9 Å². The number of hydrogen-bond acceptors (Lipinski definition) is 7. The van der Waals surface area contributed by atoms with E-state index in [1.807, 2.05) is 26.8 Å². The van der Waals surface area contributed by atoms with E-state index in [-0.39, 0.29) is 34.6 Å². The maximum Gasteiger partial charge on any atom is 0.381 e. The minimum Gasteiger partial charge on any atom is -0.490 e. The van der Waals surface area contributed by atoms with Gasteiger partial charge < -0.3 is 14.4 Å². The molecule has 1 aliphatic heterocycles. The molecule has 0 saturated heterocycles. The van der Waals surface area contributed by atoms with E-state index in [0.717, 1.165) is 18.4 Å². The summed E-state index contributed by atoms with van der Waals surface area (Å²) in [4.78, 5) is 37.0. The van der Waals surface area contributed by atoms with Gasteiger partial charge >= 0.3 is 5.97 Å². The molecule has 5 rings (SSSR count). The fourth-order valence-corrected chi connectivity index (χ4v) is 5.95. The Labute approximate surface area is 261 Å². The summed E-state index contributed by atoms with van der Waals surface area (Å²) >= 11 is 0. The Morgan fingerprint density at radius 3 is 2.58 bits per heavy atom. The van der Waals surface area contributed by atoms with Gasteiger partial charge in [0.1, 0.15) is 0 Å². The van der Waals surface area contributed by atoms with Gasteiger partial charge in [-0.05, 0) is 91.4 Å². The highest BCUT2D eigenvalue weighted by atomic mass is 19.3. The predicted molar refractivity (Wildman–Crippen MR) is 165 cm³/mol. The van der Waals surface area contributed by atoms with E-state index < -0.39 is 23.5 Å². The highest BCUT2D eigenvalue weighted by molar-refractivity contribution is 5.94. The van der Waals surface area contributed by atoms with Crippen molar-refractivity contribution in [3.63, 3.8) is 0 Å². The lowest BCUT2D eigenvalue weighted by atomic mass is 9.91. The largest absolute Gasteiger partial charge is 0.490 e. The Morgan fingerprint density at radius 1 is 1.18 bits per heavy atom. The quantitative estimate of drug-likeness (QED) is 0.270. The average molecular weight is 623 g/mol. The molecule has 1 aromatic carbocycles. The van der Waals surface area contributed by atoms with Crippen LogP contribution in [-0.2, 0) is 20.9 Å². The molecule has 0 unspecified atom stereocenters. The number of halogens is 2. The van der Waals surface area contributed by atoms with Crippen LogP contribution in [0.2, 0.25) is 0 Å². The average Bonchev–Trinajstić information content (AvgIpc) is 3.43. The van der Waals surface area contributed by atoms with Crippen molar-refractivity contribution >= 4 is 17.5 Å². The molecule has 0 radical (unpaired) electrons. The van der Waals surface area contributed by atoms with Gasteiger partial charge in [0.05, 0.1) is 17.9 Å². The molecule has 3 heterocycles. The number of rotatable bonds is 8. The molecule has 1 aliphatic carbocycles. The summed E-state index contributed by atoms with van der Waals surface area (Å²) in [5, 5.41) is 4.70. The number of ether oxygens (including phenoxy) is 2. The third kappa shape index (κ3) is 6.49. The first-order chi connectivity index (χ1) is 21.3. The standard InChI is InChI=1S/C34H40F2N4O5/c1-19(2)39(18-22-12-9-8-10-13-22)32(41)26-17-27-37-21(4)28(31(33(42)45-36)44-34(5,6)7)29(40(27)38-26)24-16-25(35)30-23(20(24)3)14-11-15-43-30/h9,12-13,16-17,19,31H,8,10-11,14-15,18H2,1-7H3/t31-/m0/s1. The zero-order valence-electron chi connectivity index (χ0n) is 26.9. The van der Waals surface area contributed by atoms with Crippen LogP contribution in [-0.4, -0.2) is 56.2 Å². The summed E-state index contributed by atoms with van der Waals surface area (Å²) in [6, 6.07) is 2.75. The molecule has 0 spiro atoms. The smallest absolute Gasteiger partial charge is 0.381 e. The monoisotopic (exact) mass is 622 g/mol. The number of fused-ring (bicyclic) bond motifs is 2. The van der Waals surface area contributed by atoms with Crippen LogP contribution in [0.1, 0.15) is 92.9 Å². The number of nitrogens with zero attached hydrogens (tertiary/aromatic N) is 4. The van der Waals surface area contributed by atoms with Gasteiger partial charge in [0.15, 0.2) is 29.0 Å². The molecule has 0 bridgehead atoms. The minimum absolute atomic E-state index is 0.121. The topological polar surface area (TPSA) is 95.3 Å². The van der Waals surface area contributed by atoms with Crippen LogP contribution in [0.4, 0.5) is 8.92 Å². The number of aryl methyl sites for hydroxylation is 1. The third-order valence-electron chi connectivity index (χ3n) is 8.07. The molecule has 0 N–H and O–H groups in total. The van der Waals surface area contributed by atoms with Crippen LogP contribution in [0.5, 0.6) is 5.75 Å². The maximum atomic E-state index is 15.7. The third-order valence-corrected chi connectivity index (χ3v) is 8.07. The van der Waals surface area contributed by atoms with Crippen molar-refractivity contribution in [1.29, 1.82) is 0 Å². The summed E-state index contributed by atoms with van der Waals surface area (Å²) in [6.45, 7) is 13.3. The Hall–Kier alpha value is -4.12. The molecule has 2 aliphatic rings. The summed E-state index contributed by atoms with van der Waals surface area (Å²) in [5.74, 6) is -2.00. The van der Waals surface area contributed by atoms with Gasteiger partial charge in [-0.3, -0.25) is 9.74 Å². The second kappa shape index (κ2) is 12.7. The molecule has 45 heavy (non-hydrogen) atoms. The second-order valence-corrected chi connectivity index (χ2v) is 12.8. The zero-order valence-corrected chi connectivity index (χ0v) is 26.9. The number of amides is 1. The molecule has 1 amide bonds. The molecule has 0 fully saturated rings. The predicted octanol–water partition coefficient (Wildman–Crippen LogP) is 6.89. The lowest BCUT2D eigenvalue weighted by molar-refractivity contribution is -0.205. The number of hydrogen-bond donors (Lipinski definition) is 0. The van der Waals surface area contributed by atoms with E-state index in [2.05, 4.69) is 22.1 Å². The first-order valence-electron chi connectivity index (χ1n) is 15.3. The maximum absolute atomic E-state index is 15.7. The molecule has 11 heteroatoms. The highest BCUT2D eigenvalue weighted by Crippen LogP contribution is 2.42. The SMILES string of the molecule is Cc1nc2cc(C(=O)N(CC3=CCCC=C3)C(C)C)nn2c(-c2cc(F)c3c(c2C)CCCO3)c1[C@H](OC(C)(C)C)C(=O)OF. The van der Waals surface area contributed by atoms with Gasteiger partial charge in [-0.1, -0.05) is 18.2 Å². The molecule has 2 aromatic heterocycles. The van der Waals surface area contributed by atoms with Gasteiger partial charge in [0, 0.05) is 45.6 Å². The Kier molecular flexibility index (Phi) is 9.11. The van der Waals surface area contributed by atoms with Crippen LogP contribution in [0.25, 0.3) is 16.9 Å². The molecule has 0 saturated carbocycles. The van der Waals surface area contributed by atoms with E-state index in [1.54, 1.807) is 38.7 Å². The first kappa shape index (κ1) is 32.3. The molecule has 3 aromatic rings. The normalized spacial score (nSPS) is 15.5. The molecule has 240 valence electrons. The van der Waals surface area contributed by atoms with Gasteiger partial charge in [0.25, 0.3) is 5.91 Å². The summed E-state index contributed by atoms with van der Waals surface area (Å²) in [5.41, 5.74) is 3.03. The van der Waals surface area contributed by atoms with E-state index >= 15 is 4.39 Å². The molecular formula is C34H40F2N4O5. The lowest BCUT2D eigenvalue weighted by Crippen LogP contribution is -2.38. The summed E-state index contributed by atoms with van der Waals surface area (Å²) < 4.78 is 42.4. The number of allylic oxidation sites excluding steroid dienone is 2. The van der Waals surface area contributed by atoms with Gasteiger partial charge in [-0.25, -0.2) is 18.7 Å². The van der Waals surface area contributed by atoms with E-state index in [4.69, 9.17) is 14.6 Å². The lowest BCUT2D eigenvalue weighted by Gasteiger charge is -2.28. The van der Waals surface area contributed by atoms with Crippen molar-refractivity contribution in [1.82, 2.24) is 19.5 Å². The number of benzene rings is 1. The van der Waals surface area contributed by atoms with Crippen molar-refractivity contribution in [3.05, 3.63) is 69.8 Å². The van der Waals surface area contributed by atoms with Gasteiger partial charge in [-0.2, -0.15) is 5.10 Å². The van der Waals surface area contributed by atoms with Gasteiger partial charge in [-0.15, -0.1) is 0 Å². The summed E-state index contributed by atoms with van der Waals surface area (Å²) in [6.07, 6.45) is 7.84. The number of carbonyl (C=O) groups excluding carboxylic acids is 2. The minimum atomic E-state index is -1.57. The summed E-state index contributed by atoms with van der Waals surface area (Å²) in [7, 11) is 0. The first-order valence-corrected chi connectivity index (χ1v) is 15.3. The van der Waals surface area contributed by atoms with Crippen LogP contribution in [0.3, 0.4) is 0 Å². The van der Waals surface area contributed by atoms with Crippen molar-refractivity contribution < 1.29 is 32.9 Å². The highest BCUT2D eigenvalue weighted by Gasteiger charge is 2.37. The van der Waals surface area contributed by atoms with E-state index in [0.29, 0.717) is 54.0 Å². The van der Waals surface area contributed by atoms with E-state index in [1.165, 1.54) is 10.6 Å². The Balaban J connectivity index is 1.76. The van der Waals surface area contributed by atoms with Crippen molar-refractivity contribution in [2.75, 3.05) is 13.2 Å². The van der Waals surface area contributed by atoms with Crippen LogP contribution in [0, 0.1) is 19.7 Å². The fourth-order valence-electron chi connectivity index (χ4n) is 5.95. The van der Waals surface area contributed by atoms with Crippen LogP contribution < -0.4 is 4.74 Å². The zero-order chi connectivity index (χ0) is 32.6. The number of carbonyl (C=O) groups is 2. The second-order valence-electron chi connectivity index (χ2n) is 12.8. The number of aromatic nitrogens is 3. The molecule has 9 nitrogen and oxygen atoms in total. The van der Waals surface area contributed by atoms with Crippen molar-refractivity contribution in [2.45, 2.75) is 91.9 Å². The van der Waals surface area contributed by atoms with Crippen LogP contribution >= 0.6 is 0 Å². The van der Waals surface area contributed by atoms with Crippen molar-refractivity contribution in [3.8, 4) is 17.0 Å².